The van der Waals surface area contributed by atoms with Crippen molar-refractivity contribution in [1.29, 1.82) is 0 Å². The van der Waals surface area contributed by atoms with Crippen LogP contribution < -0.4 is 0 Å². The van der Waals surface area contributed by atoms with Gasteiger partial charge in [0.2, 0.25) is 0 Å². The van der Waals surface area contributed by atoms with Gasteiger partial charge in [0, 0.05) is 23.5 Å². The van der Waals surface area contributed by atoms with Gasteiger partial charge in [0.15, 0.2) is 0 Å². The number of aromatic hydroxyl groups is 1. The summed E-state index contributed by atoms with van der Waals surface area (Å²) in [6.07, 6.45) is 2.91. The molecule has 3 aliphatic rings. The van der Waals surface area contributed by atoms with Gasteiger partial charge in [-0.05, 0) is 61.1 Å². The molecule has 150 valence electrons. The fourth-order valence-electron chi connectivity index (χ4n) is 5.42. The van der Waals surface area contributed by atoms with Gasteiger partial charge in [0.25, 0.3) is 0 Å². The van der Waals surface area contributed by atoms with Crippen LogP contribution in [0, 0.1) is 11.8 Å². The largest absolute Gasteiger partial charge is 0.508 e. The highest BCUT2D eigenvalue weighted by atomic mass is 16.3. The van der Waals surface area contributed by atoms with E-state index in [1.54, 1.807) is 12.1 Å². The molecule has 29 heavy (non-hydrogen) atoms. The number of piperidine rings is 3. The minimum Gasteiger partial charge on any atom is -0.508 e. The molecule has 4 nitrogen and oxygen atoms in total. The van der Waals surface area contributed by atoms with E-state index in [0.717, 1.165) is 53.2 Å². The van der Waals surface area contributed by atoms with Crippen LogP contribution in [0.25, 0.3) is 22.2 Å². The molecule has 2 aromatic carbocycles. The maximum absolute atomic E-state index is 11.5. The molecular formula is C25H28N2O2. The second kappa shape index (κ2) is 7.43. The number of aromatic nitrogens is 1. The molecule has 3 aromatic rings. The first-order chi connectivity index (χ1) is 14.1. The van der Waals surface area contributed by atoms with Crippen LogP contribution >= 0.6 is 0 Å². The Morgan fingerprint density at radius 2 is 1.97 bits per heavy atom. The minimum atomic E-state index is -0.592. The molecule has 2 bridgehead atoms. The quantitative estimate of drug-likeness (QED) is 0.676. The topological polar surface area (TPSA) is 56.6 Å². The first-order valence-corrected chi connectivity index (χ1v) is 10.7. The van der Waals surface area contributed by atoms with E-state index in [4.69, 9.17) is 4.98 Å². The zero-order valence-corrected chi connectivity index (χ0v) is 16.8. The van der Waals surface area contributed by atoms with Crippen molar-refractivity contribution in [3.8, 4) is 17.0 Å². The van der Waals surface area contributed by atoms with Crippen molar-refractivity contribution in [2.24, 2.45) is 11.8 Å². The van der Waals surface area contributed by atoms with Gasteiger partial charge >= 0.3 is 0 Å². The van der Waals surface area contributed by atoms with E-state index in [1.165, 1.54) is 12.8 Å². The van der Waals surface area contributed by atoms with Crippen molar-refractivity contribution < 1.29 is 10.2 Å². The fourth-order valence-corrected chi connectivity index (χ4v) is 5.42. The predicted octanol–water partition coefficient (Wildman–Crippen LogP) is 4.76. The van der Waals surface area contributed by atoms with E-state index in [1.807, 2.05) is 42.5 Å². The zero-order valence-electron chi connectivity index (χ0n) is 16.8. The maximum atomic E-state index is 11.5. The number of benzene rings is 2. The number of aliphatic hydroxyl groups excluding tert-OH is 1. The molecule has 5 atom stereocenters. The number of aliphatic hydroxyl groups is 1. The average Bonchev–Trinajstić information content (AvgIpc) is 2.78. The number of hydrogen-bond acceptors (Lipinski definition) is 4. The van der Waals surface area contributed by atoms with Gasteiger partial charge in [-0.25, -0.2) is 4.98 Å². The van der Waals surface area contributed by atoms with Crippen LogP contribution in [0.2, 0.25) is 0 Å². The van der Waals surface area contributed by atoms with Crippen molar-refractivity contribution in [2.75, 3.05) is 13.1 Å². The van der Waals surface area contributed by atoms with Gasteiger partial charge in [-0.15, -0.1) is 0 Å². The number of phenols is 1. The molecule has 4 heteroatoms. The van der Waals surface area contributed by atoms with Gasteiger partial charge in [-0.1, -0.05) is 43.7 Å². The second-order valence-electron chi connectivity index (χ2n) is 8.62. The Morgan fingerprint density at radius 1 is 1.14 bits per heavy atom. The van der Waals surface area contributed by atoms with E-state index in [2.05, 4.69) is 11.8 Å². The lowest BCUT2D eigenvalue weighted by Gasteiger charge is -2.51. The molecule has 2 N–H and O–H groups in total. The first kappa shape index (κ1) is 18.6. The molecule has 0 spiro atoms. The Balaban J connectivity index is 1.59. The first-order valence-electron chi connectivity index (χ1n) is 10.7. The molecule has 3 aliphatic heterocycles. The third kappa shape index (κ3) is 3.30. The number of hydrogen-bond donors (Lipinski definition) is 2. The van der Waals surface area contributed by atoms with Crippen molar-refractivity contribution in [1.82, 2.24) is 9.88 Å². The summed E-state index contributed by atoms with van der Waals surface area (Å²) in [7, 11) is 0. The Labute approximate surface area is 171 Å². The molecule has 2 unspecified atom stereocenters. The monoisotopic (exact) mass is 388 g/mol. The molecule has 4 heterocycles. The number of phenolic OH excluding ortho intramolecular Hbond substituents is 1. The van der Waals surface area contributed by atoms with Crippen molar-refractivity contribution in [3.63, 3.8) is 0 Å². The van der Waals surface area contributed by atoms with Gasteiger partial charge < -0.3 is 10.2 Å². The summed E-state index contributed by atoms with van der Waals surface area (Å²) >= 11 is 0. The van der Waals surface area contributed by atoms with Crippen LogP contribution in [0.15, 0.2) is 54.6 Å². The summed E-state index contributed by atoms with van der Waals surface area (Å²) in [5.74, 6) is 1.67. The summed E-state index contributed by atoms with van der Waals surface area (Å²) in [4.78, 5) is 7.29. The highest BCUT2D eigenvalue weighted by molar-refractivity contribution is 5.86. The van der Waals surface area contributed by atoms with Crippen LogP contribution in [0.4, 0.5) is 0 Å². The van der Waals surface area contributed by atoms with E-state index >= 15 is 0 Å². The normalized spacial score (nSPS) is 27.2. The van der Waals surface area contributed by atoms with Crippen molar-refractivity contribution in [3.05, 3.63) is 60.2 Å². The maximum Gasteiger partial charge on any atom is 0.116 e. The number of nitrogens with zero attached hydrogens (tertiary/aromatic N) is 2. The van der Waals surface area contributed by atoms with Gasteiger partial charge in [0.05, 0.1) is 17.3 Å². The standard InChI is InChI=1S/C25H28N2O2/c1-2-16-15-27-11-10-18(16)12-24(27)25(29)21-14-23(17-6-4-3-5-7-17)26-22-9-8-19(28)13-20(21)22/h3-9,13-14,16,18,24-25,28-29H,2,10-12,15H2,1H3/t16-,18+,24?,25+/m0/s1. The third-order valence-electron chi connectivity index (χ3n) is 7.04. The van der Waals surface area contributed by atoms with E-state index in [0.29, 0.717) is 5.92 Å². The molecule has 0 aliphatic carbocycles. The van der Waals surface area contributed by atoms with E-state index in [-0.39, 0.29) is 11.8 Å². The highest BCUT2D eigenvalue weighted by Gasteiger charge is 2.42. The van der Waals surface area contributed by atoms with Crippen molar-refractivity contribution in [2.45, 2.75) is 38.3 Å². The summed E-state index contributed by atoms with van der Waals surface area (Å²) < 4.78 is 0. The Morgan fingerprint density at radius 3 is 2.69 bits per heavy atom. The van der Waals surface area contributed by atoms with Crippen LogP contribution in [0.1, 0.15) is 37.9 Å². The summed E-state index contributed by atoms with van der Waals surface area (Å²) in [5, 5.41) is 22.5. The summed E-state index contributed by atoms with van der Waals surface area (Å²) in [6.45, 7) is 4.44. The Hall–Kier alpha value is -2.43. The highest BCUT2D eigenvalue weighted by Crippen LogP contribution is 2.43. The predicted molar refractivity (Wildman–Crippen MR) is 116 cm³/mol. The number of rotatable bonds is 4. The van der Waals surface area contributed by atoms with Crippen LogP contribution in [0.5, 0.6) is 5.75 Å². The SMILES string of the molecule is CC[C@H]1CN2CC[C@@H]1CC2[C@H](O)c1cc(-c2ccccc2)nc2ccc(O)cc12. The molecule has 3 fully saturated rings. The second-order valence-corrected chi connectivity index (χ2v) is 8.62. The van der Waals surface area contributed by atoms with E-state index in [9.17, 15) is 10.2 Å². The molecule has 6 rings (SSSR count). The van der Waals surface area contributed by atoms with Gasteiger partial charge in [0.1, 0.15) is 5.75 Å². The van der Waals surface area contributed by atoms with Gasteiger partial charge in [-0.2, -0.15) is 0 Å². The lowest BCUT2D eigenvalue weighted by Crippen LogP contribution is -2.55. The average molecular weight is 389 g/mol. The molecule has 0 radical (unpaired) electrons. The minimum absolute atomic E-state index is 0.133. The molecule has 0 saturated carbocycles. The van der Waals surface area contributed by atoms with Crippen LogP contribution in [-0.2, 0) is 0 Å². The smallest absolute Gasteiger partial charge is 0.116 e. The van der Waals surface area contributed by atoms with Crippen molar-refractivity contribution >= 4 is 10.9 Å². The van der Waals surface area contributed by atoms with Crippen LogP contribution in [-0.4, -0.2) is 39.2 Å². The Kier molecular flexibility index (Phi) is 4.76. The summed E-state index contributed by atoms with van der Waals surface area (Å²) in [6, 6.07) is 17.5. The van der Waals surface area contributed by atoms with Gasteiger partial charge in [-0.3, -0.25) is 4.90 Å². The van der Waals surface area contributed by atoms with E-state index < -0.39 is 6.10 Å². The molecule has 0 amide bonds. The lowest BCUT2D eigenvalue weighted by molar-refractivity contribution is -0.0562. The molecule has 3 saturated heterocycles. The fraction of sp³-hybridized carbons (Fsp3) is 0.400. The zero-order chi connectivity index (χ0) is 20.0. The molecular weight excluding hydrogens is 360 g/mol. The number of pyridine rings is 1. The Bertz CT molecular complexity index is 1020. The summed E-state index contributed by atoms with van der Waals surface area (Å²) in [5.41, 5.74) is 3.57. The number of fused-ring (bicyclic) bond motifs is 4. The van der Waals surface area contributed by atoms with Crippen LogP contribution in [0.3, 0.4) is 0 Å². The third-order valence-corrected chi connectivity index (χ3v) is 7.04. The lowest BCUT2D eigenvalue weighted by atomic mass is 9.72. The molecule has 1 aromatic heterocycles.